The SMILES string of the molecule is FC(F)C1CC1.NC(=O)C(c1ccc2nc(NC(=O)Nc3ccc(F)cc3)sc2c1)C(F)(F)F. The number of nitrogens with zero attached hydrogens (tertiary/aromatic N) is 1. The Hall–Kier alpha value is -3.35. The van der Waals surface area contributed by atoms with Gasteiger partial charge in [-0.2, -0.15) is 13.2 Å². The summed E-state index contributed by atoms with van der Waals surface area (Å²) < 4.78 is 74.8. The van der Waals surface area contributed by atoms with Gasteiger partial charge in [0.1, 0.15) is 5.82 Å². The summed E-state index contributed by atoms with van der Waals surface area (Å²) in [6.45, 7) is 0. The molecule has 1 unspecified atom stereocenters. The van der Waals surface area contributed by atoms with Gasteiger partial charge in [-0.05, 0) is 54.8 Å². The van der Waals surface area contributed by atoms with E-state index in [1.54, 1.807) is 0 Å². The summed E-state index contributed by atoms with van der Waals surface area (Å²) in [7, 11) is 0. The van der Waals surface area contributed by atoms with Crippen LogP contribution in [0.2, 0.25) is 0 Å². The first kappa shape index (κ1) is 25.3. The monoisotopic (exact) mass is 504 g/mol. The lowest BCUT2D eigenvalue weighted by Crippen LogP contribution is -2.33. The maximum absolute atomic E-state index is 13.1. The zero-order chi connectivity index (χ0) is 25.0. The number of carbonyl (C=O) groups excluding carboxylic acids is 2. The highest BCUT2D eigenvalue weighted by Crippen LogP contribution is 2.37. The maximum atomic E-state index is 13.1. The van der Waals surface area contributed by atoms with Crippen LogP contribution in [0.3, 0.4) is 0 Å². The van der Waals surface area contributed by atoms with E-state index >= 15 is 0 Å². The van der Waals surface area contributed by atoms with Gasteiger partial charge in [0.05, 0.1) is 10.2 Å². The van der Waals surface area contributed by atoms with Crippen LogP contribution in [0.15, 0.2) is 42.5 Å². The maximum Gasteiger partial charge on any atom is 0.404 e. The van der Waals surface area contributed by atoms with Gasteiger partial charge >= 0.3 is 12.2 Å². The molecule has 3 aromatic rings. The predicted octanol–water partition coefficient (Wildman–Crippen LogP) is 5.87. The molecular formula is C21H18F6N4O2S. The second-order valence-electron chi connectivity index (χ2n) is 7.38. The molecule has 2 aromatic carbocycles. The average Bonchev–Trinajstić information content (AvgIpc) is 3.50. The number of halogens is 6. The second-order valence-corrected chi connectivity index (χ2v) is 8.41. The molecule has 0 saturated heterocycles. The van der Waals surface area contributed by atoms with Crippen LogP contribution in [0, 0.1) is 11.7 Å². The highest BCUT2D eigenvalue weighted by Gasteiger charge is 2.45. The first-order valence-corrected chi connectivity index (χ1v) is 10.6. The Morgan fingerprint density at radius 3 is 2.21 bits per heavy atom. The number of rotatable bonds is 5. The van der Waals surface area contributed by atoms with E-state index in [9.17, 15) is 35.9 Å². The van der Waals surface area contributed by atoms with Crippen LogP contribution >= 0.6 is 11.3 Å². The van der Waals surface area contributed by atoms with Crippen molar-refractivity contribution in [1.82, 2.24) is 4.98 Å². The molecule has 1 aromatic heterocycles. The summed E-state index contributed by atoms with van der Waals surface area (Å²) >= 11 is 0.930. The normalized spacial score (nSPS) is 14.3. The summed E-state index contributed by atoms with van der Waals surface area (Å²) in [4.78, 5) is 27.3. The molecule has 4 N–H and O–H groups in total. The van der Waals surface area contributed by atoms with Gasteiger partial charge in [-0.1, -0.05) is 17.4 Å². The number of alkyl halides is 5. The third-order valence-electron chi connectivity index (χ3n) is 4.66. The van der Waals surface area contributed by atoms with Crippen molar-refractivity contribution in [2.24, 2.45) is 11.7 Å². The Balaban J connectivity index is 0.000000469. The van der Waals surface area contributed by atoms with Gasteiger partial charge < -0.3 is 11.1 Å². The summed E-state index contributed by atoms with van der Waals surface area (Å²) in [5.74, 6) is -4.63. The number of nitrogens with two attached hydrogens (primary N) is 1. The Morgan fingerprint density at radius 1 is 1.06 bits per heavy atom. The third kappa shape index (κ3) is 6.83. The van der Waals surface area contributed by atoms with Gasteiger partial charge in [0.25, 0.3) is 0 Å². The number of hydrogen-bond acceptors (Lipinski definition) is 4. The molecule has 1 heterocycles. The summed E-state index contributed by atoms with van der Waals surface area (Å²) in [5, 5.41) is 5.05. The molecule has 0 bridgehead atoms. The highest BCUT2D eigenvalue weighted by molar-refractivity contribution is 7.22. The molecule has 1 fully saturated rings. The zero-order valence-electron chi connectivity index (χ0n) is 17.2. The number of amides is 3. The van der Waals surface area contributed by atoms with E-state index in [1.807, 2.05) is 0 Å². The van der Waals surface area contributed by atoms with Crippen molar-refractivity contribution in [2.45, 2.75) is 31.4 Å². The molecule has 182 valence electrons. The molecule has 6 nitrogen and oxygen atoms in total. The Labute approximate surface area is 193 Å². The number of urea groups is 1. The van der Waals surface area contributed by atoms with Crippen LogP contribution < -0.4 is 16.4 Å². The summed E-state index contributed by atoms with van der Waals surface area (Å²) in [6, 6.07) is 8.01. The van der Waals surface area contributed by atoms with Crippen LogP contribution in [0.1, 0.15) is 24.3 Å². The molecule has 0 radical (unpaired) electrons. The van der Waals surface area contributed by atoms with E-state index in [1.165, 1.54) is 36.4 Å². The molecule has 4 rings (SSSR count). The largest absolute Gasteiger partial charge is 0.404 e. The molecule has 34 heavy (non-hydrogen) atoms. The van der Waals surface area contributed by atoms with E-state index in [4.69, 9.17) is 5.73 Å². The fourth-order valence-corrected chi connectivity index (χ4v) is 3.74. The van der Waals surface area contributed by atoms with Gasteiger partial charge in [-0.25, -0.2) is 22.9 Å². The van der Waals surface area contributed by atoms with Crippen molar-refractivity contribution in [1.29, 1.82) is 0 Å². The van der Waals surface area contributed by atoms with Gasteiger partial charge in [0.2, 0.25) is 12.3 Å². The van der Waals surface area contributed by atoms with Gasteiger partial charge in [-0.15, -0.1) is 0 Å². The summed E-state index contributed by atoms with van der Waals surface area (Å²) in [5.41, 5.74) is 5.27. The van der Waals surface area contributed by atoms with E-state index in [0.717, 1.165) is 30.2 Å². The fourth-order valence-electron chi connectivity index (χ4n) is 2.83. The topological polar surface area (TPSA) is 97.1 Å². The molecule has 1 aliphatic rings. The predicted molar refractivity (Wildman–Crippen MR) is 115 cm³/mol. The molecule has 0 aliphatic heterocycles. The first-order chi connectivity index (χ1) is 15.9. The second kappa shape index (κ2) is 10.3. The van der Waals surface area contributed by atoms with Crippen LogP contribution in [0.25, 0.3) is 10.2 Å². The van der Waals surface area contributed by atoms with Crippen LogP contribution in [0.5, 0.6) is 0 Å². The van der Waals surface area contributed by atoms with Crippen LogP contribution in [-0.4, -0.2) is 29.5 Å². The molecule has 3 amide bonds. The molecular weight excluding hydrogens is 486 g/mol. The molecule has 0 spiro atoms. The number of nitrogens with one attached hydrogen (secondary N) is 2. The number of hydrogen-bond donors (Lipinski definition) is 3. The number of primary amides is 1. The minimum absolute atomic E-state index is 0.134. The van der Waals surface area contributed by atoms with Crippen molar-refractivity contribution in [3.05, 3.63) is 53.8 Å². The van der Waals surface area contributed by atoms with Crippen molar-refractivity contribution in [3.63, 3.8) is 0 Å². The van der Waals surface area contributed by atoms with Crippen molar-refractivity contribution >= 4 is 44.3 Å². The molecule has 1 aliphatic carbocycles. The van der Waals surface area contributed by atoms with E-state index in [2.05, 4.69) is 15.6 Å². The van der Waals surface area contributed by atoms with E-state index in [0.29, 0.717) is 15.9 Å². The minimum atomic E-state index is -4.82. The van der Waals surface area contributed by atoms with Crippen molar-refractivity contribution in [3.8, 4) is 0 Å². The quantitative estimate of drug-likeness (QED) is 0.379. The van der Waals surface area contributed by atoms with Gasteiger partial charge in [-0.3, -0.25) is 10.1 Å². The lowest BCUT2D eigenvalue weighted by Gasteiger charge is -2.17. The standard InChI is InChI=1S/C17H12F4N4O2S.C4H6F2/c18-9-2-4-10(5-3-9)23-15(27)25-16-24-11-6-1-8(7-12(11)28-16)13(14(22)26)17(19,20)21;5-4(6)3-1-2-3/h1-7,13H,(H2,22,26)(H2,23,24,25,27);3-4H,1-2H2. The Kier molecular flexibility index (Phi) is 7.64. The number of carbonyl (C=O) groups is 2. The lowest BCUT2D eigenvalue weighted by atomic mass is 9.98. The highest BCUT2D eigenvalue weighted by atomic mass is 32.1. The smallest absolute Gasteiger partial charge is 0.369 e. The average molecular weight is 504 g/mol. The lowest BCUT2D eigenvalue weighted by molar-refractivity contribution is -0.162. The van der Waals surface area contributed by atoms with E-state index < -0.39 is 36.3 Å². The first-order valence-electron chi connectivity index (χ1n) is 9.82. The van der Waals surface area contributed by atoms with E-state index in [-0.39, 0.29) is 16.6 Å². The fraction of sp³-hybridized carbons (Fsp3) is 0.286. The Morgan fingerprint density at radius 2 is 1.71 bits per heavy atom. The van der Waals surface area contributed by atoms with Gasteiger partial charge in [0.15, 0.2) is 11.0 Å². The Bertz CT molecular complexity index is 1160. The molecule has 1 saturated carbocycles. The van der Waals surface area contributed by atoms with Crippen molar-refractivity contribution in [2.75, 3.05) is 10.6 Å². The third-order valence-corrected chi connectivity index (χ3v) is 5.59. The number of benzene rings is 2. The molecule has 13 heteroatoms. The number of anilines is 2. The number of thiazole rings is 1. The van der Waals surface area contributed by atoms with Crippen LogP contribution in [-0.2, 0) is 4.79 Å². The summed E-state index contributed by atoms with van der Waals surface area (Å²) in [6.07, 6.45) is -5.36. The molecule has 1 atom stereocenters. The zero-order valence-corrected chi connectivity index (χ0v) is 18.0. The number of fused-ring (bicyclic) bond motifs is 1. The number of aromatic nitrogens is 1. The van der Waals surface area contributed by atoms with Crippen molar-refractivity contribution < 1.29 is 35.9 Å². The van der Waals surface area contributed by atoms with Crippen LogP contribution in [0.4, 0.5) is 42.0 Å². The minimum Gasteiger partial charge on any atom is -0.369 e. The van der Waals surface area contributed by atoms with Gasteiger partial charge in [0, 0.05) is 11.6 Å².